The van der Waals surface area contributed by atoms with Crippen LogP contribution in [0.15, 0.2) is 0 Å². The van der Waals surface area contributed by atoms with E-state index in [4.69, 9.17) is 0 Å². The molecule has 0 fully saturated rings. The second-order valence-corrected chi connectivity index (χ2v) is 11.4. The van der Waals surface area contributed by atoms with Gasteiger partial charge in [-0.05, 0) is 51.4 Å². The molecule has 0 radical (unpaired) electrons. The zero-order chi connectivity index (χ0) is 22.6. The monoisotopic (exact) mass is 680 g/mol. The molecule has 2 nitrogen and oxygen atoms in total. The Morgan fingerprint density at radius 2 is 0.500 bits per heavy atom. The molecule has 198 valence electrons. The van der Waals surface area contributed by atoms with Crippen LogP contribution < -0.4 is 48.0 Å². The molecule has 0 rings (SSSR count). The van der Waals surface area contributed by atoms with Gasteiger partial charge in [-0.3, -0.25) is 0 Å². The minimum Gasteiger partial charge on any atom is -1.00 e. The third-order valence-corrected chi connectivity index (χ3v) is 7.01. The number of halogens is 2. The quantitative estimate of drug-likeness (QED) is 0.0884. The van der Waals surface area contributed by atoms with Crippen LogP contribution in [0.1, 0.15) is 129 Å². The van der Waals surface area contributed by atoms with E-state index in [1.54, 1.807) is 0 Å². The van der Waals surface area contributed by atoms with Crippen molar-refractivity contribution >= 4 is 0 Å². The van der Waals surface area contributed by atoms with Gasteiger partial charge in [0.1, 0.15) is 0 Å². The second-order valence-electron chi connectivity index (χ2n) is 11.4. The highest BCUT2D eigenvalue weighted by atomic mass is 127. The standard InChI is InChI=1S/C28H62N2.2HI/c1-7-9-11-13-15-17-21-25-29(3,4)27-23-19-20-24-28-30(5,6)26-22-18-16-14-12-10-8-2;;/h7-28H2,1-6H3;2*1H/q+2;;/p-2. The molecular weight excluding hydrogens is 618 g/mol. The summed E-state index contributed by atoms with van der Waals surface area (Å²) in [6.45, 7) is 10.1. The van der Waals surface area contributed by atoms with Gasteiger partial charge in [0.2, 0.25) is 0 Å². The molecule has 4 heteroatoms. The van der Waals surface area contributed by atoms with E-state index >= 15 is 0 Å². The van der Waals surface area contributed by atoms with Crippen LogP contribution in [0.5, 0.6) is 0 Å². The normalized spacial score (nSPS) is 11.8. The lowest BCUT2D eigenvalue weighted by atomic mass is 10.1. The summed E-state index contributed by atoms with van der Waals surface area (Å²) < 4.78 is 2.46. The van der Waals surface area contributed by atoms with Gasteiger partial charge < -0.3 is 56.9 Å². The van der Waals surface area contributed by atoms with E-state index in [1.165, 1.54) is 151 Å². The Hall–Kier alpha value is 1.38. The molecule has 0 aromatic heterocycles. The SMILES string of the molecule is CCCCCCCCC[N+](C)(C)CCCCCC[N+](C)(C)CCCCCCCCC.[I-].[I-]. The van der Waals surface area contributed by atoms with Gasteiger partial charge in [0.05, 0.1) is 54.4 Å². The van der Waals surface area contributed by atoms with Crippen molar-refractivity contribution in [1.29, 1.82) is 0 Å². The van der Waals surface area contributed by atoms with Crippen LogP contribution in [-0.2, 0) is 0 Å². The molecule has 0 saturated carbocycles. The van der Waals surface area contributed by atoms with Gasteiger partial charge in [0, 0.05) is 0 Å². The van der Waals surface area contributed by atoms with Gasteiger partial charge in [-0.15, -0.1) is 0 Å². The van der Waals surface area contributed by atoms with Crippen LogP contribution in [0.4, 0.5) is 0 Å². The number of unbranched alkanes of at least 4 members (excludes halogenated alkanes) is 15. The molecule has 0 bridgehead atoms. The smallest absolute Gasteiger partial charge is 0.0782 e. The number of quaternary nitrogens is 2. The van der Waals surface area contributed by atoms with E-state index in [-0.39, 0.29) is 48.0 Å². The first-order valence-electron chi connectivity index (χ1n) is 14.0. The second kappa shape index (κ2) is 25.5. The van der Waals surface area contributed by atoms with Crippen molar-refractivity contribution in [3.63, 3.8) is 0 Å². The molecule has 0 N–H and O–H groups in total. The Labute approximate surface area is 239 Å². The lowest BCUT2D eigenvalue weighted by molar-refractivity contribution is -0.891. The number of hydrogen-bond donors (Lipinski definition) is 0. The molecule has 32 heavy (non-hydrogen) atoms. The van der Waals surface area contributed by atoms with Gasteiger partial charge in [-0.25, -0.2) is 0 Å². The highest BCUT2D eigenvalue weighted by Gasteiger charge is 2.15. The fourth-order valence-corrected chi connectivity index (χ4v) is 4.65. The third kappa shape index (κ3) is 27.6. The molecule has 0 aromatic rings. The molecule has 0 spiro atoms. The van der Waals surface area contributed by atoms with Crippen molar-refractivity contribution in [2.45, 2.75) is 129 Å². The summed E-state index contributed by atoms with van der Waals surface area (Å²) in [6, 6.07) is 0. The maximum Gasteiger partial charge on any atom is 0.0782 e. The highest BCUT2D eigenvalue weighted by Crippen LogP contribution is 2.13. The molecule has 0 saturated heterocycles. The first-order chi connectivity index (χ1) is 14.3. The van der Waals surface area contributed by atoms with Gasteiger partial charge in [0.15, 0.2) is 0 Å². The summed E-state index contributed by atoms with van der Waals surface area (Å²) in [7, 11) is 9.78. The van der Waals surface area contributed by atoms with Crippen molar-refractivity contribution < 1.29 is 56.9 Å². The van der Waals surface area contributed by atoms with E-state index in [9.17, 15) is 0 Å². The summed E-state index contributed by atoms with van der Waals surface area (Å²) >= 11 is 0. The van der Waals surface area contributed by atoms with Gasteiger partial charge >= 0.3 is 0 Å². The van der Waals surface area contributed by atoms with Crippen LogP contribution in [0.3, 0.4) is 0 Å². The van der Waals surface area contributed by atoms with E-state index in [0.29, 0.717) is 0 Å². The van der Waals surface area contributed by atoms with Crippen molar-refractivity contribution in [1.82, 2.24) is 0 Å². The lowest BCUT2D eigenvalue weighted by Gasteiger charge is -2.31. The van der Waals surface area contributed by atoms with Crippen LogP contribution in [-0.4, -0.2) is 63.3 Å². The minimum absolute atomic E-state index is 0. The van der Waals surface area contributed by atoms with Crippen molar-refractivity contribution in [3.05, 3.63) is 0 Å². The molecule has 0 unspecified atom stereocenters. The number of hydrogen-bond acceptors (Lipinski definition) is 0. The molecule has 0 heterocycles. The summed E-state index contributed by atoms with van der Waals surface area (Å²) in [5, 5.41) is 0. The summed E-state index contributed by atoms with van der Waals surface area (Å²) in [5.74, 6) is 0. The molecule has 0 aromatic carbocycles. The summed E-state index contributed by atoms with van der Waals surface area (Å²) in [6.07, 6.45) is 25.7. The Morgan fingerprint density at radius 3 is 0.719 bits per heavy atom. The van der Waals surface area contributed by atoms with Crippen molar-refractivity contribution in [2.75, 3.05) is 54.4 Å². The Balaban J connectivity index is -0.00000420. The zero-order valence-electron chi connectivity index (χ0n) is 23.2. The van der Waals surface area contributed by atoms with Crippen LogP contribution in [0, 0.1) is 0 Å². The largest absolute Gasteiger partial charge is 1.00 e. The predicted octanol–water partition coefficient (Wildman–Crippen LogP) is 2.21. The maximum atomic E-state index is 2.44. The zero-order valence-corrected chi connectivity index (χ0v) is 27.5. The van der Waals surface area contributed by atoms with Crippen LogP contribution in [0.25, 0.3) is 0 Å². The summed E-state index contributed by atoms with van der Waals surface area (Å²) in [5.41, 5.74) is 0. The molecule has 0 amide bonds. The molecular formula is C28H62I2N2. The van der Waals surface area contributed by atoms with Gasteiger partial charge in [-0.1, -0.05) is 78.1 Å². The molecule has 0 aliphatic heterocycles. The first kappa shape index (κ1) is 37.9. The van der Waals surface area contributed by atoms with Crippen molar-refractivity contribution in [3.8, 4) is 0 Å². The highest BCUT2D eigenvalue weighted by molar-refractivity contribution is 4.49. The predicted molar refractivity (Wildman–Crippen MR) is 138 cm³/mol. The van der Waals surface area contributed by atoms with E-state index in [1.807, 2.05) is 0 Å². The maximum absolute atomic E-state index is 2.44. The first-order valence-corrected chi connectivity index (χ1v) is 14.0. The molecule has 0 aliphatic carbocycles. The fourth-order valence-electron chi connectivity index (χ4n) is 4.65. The fraction of sp³-hybridized carbons (Fsp3) is 1.00. The van der Waals surface area contributed by atoms with Gasteiger partial charge in [-0.2, -0.15) is 0 Å². The van der Waals surface area contributed by atoms with Crippen molar-refractivity contribution in [2.24, 2.45) is 0 Å². The topological polar surface area (TPSA) is 0 Å². The average Bonchev–Trinajstić information content (AvgIpc) is 2.69. The lowest BCUT2D eigenvalue weighted by Crippen LogP contribution is -3.00. The Kier molecular flexibility index (Phi) is 30.2. The average molecular weight is 681 g/mol. The Bertz CT molecular complexity index is 325. The van der Waals surface area contributed by atoms with Crippen LogP contribution >= 0.6 is 0 Å². The molecule has 0 atom stereocenters. The number of rotatable bonds is 23. The van der Waals surface area contributed by atoms with Gasteiger partial charge in [0.25, 0.3) is 0 Å². The minimum atomic E-state index is 0. The number of nitrogens with zero attached hydrogens (tertiary/aromatic N) is 2. The van der Waals surface area contributed by atoms with Crippen LogP contribution in [0.2, 0.25) is 0 Å². The summed E-state index contributed by atoms with van der Waals surface area (Å²) in [4.78, 5) is 0. The third-order valence-electron chi connectivity index (χ3n) is 7.01. The molecule has 0 aliphatic rings. The van der Waals surface area contributed by atoms with E-state index in [2.05, 4.69) is 42.0 Å². The van der Waals surface area contributed by atoms with E-state index in [0.717, 1.165) is 0 Å². The van der Waals surface area contributed by atoms with E-state index < -0.39 is 0 Å². The Morgan fingerprint density at radius 1 is 0.312 bits per heavy atom.